The average Bonchev–Trinajstić information content (AvgIpc) is 3.11. The van der Waals surface area contributed by atoms with Gasteiger partial charge in [-0.1, -0.05) is 19.3 Å². The number of aromatic nitrogens is 5. The molecule has 31 heavy (non-hydrogen) atoms. The number of nitrogens with one attached hydrogen (secondary N) is 1. The molecule has 0 radical (unpaired) electrons. The van der Waals surface area contributed by atoms with Crippen LogP contribution in [0.5, 0.6) is 0 Å². The lowest BCUT2D eigenvalue weighted by Gasteiger charge is -2.26. The first-order chi connectivity index (χ1) is 15.0. The molecule has 162 valence electrons. The van der Waals surface area contributed by atoms with Gasteiger partial charge in [-0.15, -0.1) is 0 Å². The van der Waals surface area contributed by atoms with Crippen molar-refractivity contribution in [2.75, 3.05) is 32.1 Å². The molecule has 3 aromatic rings. The summed E-state index contributed by atoms with van der Waals surface area (Å²) in [6.45, 7) is 1.74. The molecule has 3 aromatic heterocycles. The third kappa shape index (κ3) is 3.52. The van der Waals surface area contributed by atoms with Crippen LogP contribution in [-0.4, -0.2) is 63.0 Å². The molecular weight excluding hydrogens is 394 g/mol. The minimum absolute atomic E-state index is 0.0226. The second-order valence-corrected chi connectivity index (χ2v) is 8.70. The van der Waals surface area contributed by atoms with Gasteiger partial charge in [0.15, 0.2) is 11.3 Å². The first-order valence-electron chi connectivity index (χ1n) is 10.9. The molecule has 0 atom stereocenters. The van der Waals surface area contributed by atoms with Crippen LogP contribution in [0.15, 0.2) is 18.5 Å². The summed E-state index contributed by atoms with van der Waals surface area (Å²) in [4.78, 5) is 27.2. The van der Waals surface area contributed by atoms with Gasteiger partial charge in [-0.05, 0) is 18.9 Å². The van der Waals surface area contributed by atoms with Gasteiger partial charge in [0.1, 0.15) is 0 Å². The Morgan fingerprint density at radius 3 is 2.45 bits per heavy atom. The van der Waals surface area contributed by atoms with Gasteiger partial charge >= 0.3 is 5.97 Å². The van der Waals surface area contributed by atoms with Crippen molar-refractivity contribution in [1.29, 1.82) is 0 Å². The predicted molar refractivity (Wildman–Crippen MR) is 118 cm³/mol. The van der Waals surface area contributed by atoms with E-state index in [2.05, 4.69) is 20.3 Å². The number of carbonyl (C=O) groups is 1. The van der Waals surface area contributed by atoms with Gasteiger partial charge < -0.3 is 15.3 Å². The zero-order valence-corrected chi connectivity index (χ0v) is 17.9. The number of hydrogen-bond donors (Lipinski definition) is 2. The molecule has 5 rings (SSSR count). The Bertz CT molecular complexity index is 1110. The number of rotatable bonds is 5. The molecule has 2 fully saturated rings. The zero-order chi connectivity index (χ0) is 21.5. The van der Waals surface area contributed by atoms with Crippen molar-refractivity contribution in [3.63, 3.8) is 0 Å². The fourth-order valence-electron chi connectivity index (χ4n) is 4.54. The van der Waals surface area contributed by atoms with E-state index in [-0.39, 0.29) is 11.7 Å². The summed E-state index contributed by atoms with van der Waals surface area (Å²) in [5, 5.41) is 19.1. The highest BCUT2D eigenvalue weighted by Gasteiger charge is 2.31. The van der Waals surface area contributed by atoms with Crippen LogP contribution in [0.3, 0.4) is 0 Å². The SMILES string of the molecule is CN(C)c1ncc(-c2cc(C(=O)O)nc3c2c(C2CNC2)nn3C2CCCCC2)cn1. The first-order valence-corrected chi connectivity index (χ1v) is 10.9. The van der Waals surface area contributed by atoms with E-state index in [0.29, 0.717) is 17.5 Å². The Morgan fingerprint density at radius 1 is 1.16 bits per heavy atom. The number of pyridine rings is 1. The number of nitrogens with zero attached hydrogens (tertiary/aromatic N) is 6. The van der Waals surface area contributed by atoms with Gasteiger partial charge in [-0.2, -0.15) is 5.10 Å². The summed E-state index contributed by atoms with van der Waals surface area (Å²) >= 11 is 0. The number of aromatic carboxylic acids is 1. The molecule has 9 heteroatoms. The van der Waals surface area contributed by atoms with Crippen LogP contribution in [0.4, 0.5) is 5.95 Å². The van der Waals surface area contributed by atoms with Crippen molar-refractivity contribution in [2.24, 2.45) is 0 Å². The van der Waals surface area contributed by atoms with E-state index in [4.69, 9.17) is 5.10 Å². The van der Waals surface area contributed by atoms with Gasteiger partial charge in [-0.3, -0.25) is 0 Å². The molecular formula is C22H27N7O2. The number of hydrogen-bond acceptors (Lipinski definition) is 7. The molecule has 0 unspecified atom stereocenters. The molecule has 2 N–H and O–H groups in total. The monoisotopic (exact) mass is 421 g/mol. The second-order valence-electron chi connectivity index (χ2n) is 8.70. The molecule has 0 spiro atoms. The number of fused-ring (bicyclic) bond motifs is 1. The van der Waals surface area contributed by atoms with Crippen LogP contribution in [0.2, 0.25) is 0 Å². The van der Waals surface area contributed by atoms with E-state index in [0.717, 1.165) is 61.0 Å². The highest BCUT2D eigenvalue weighted by atomic mass is 16.4. The fraction of sp³-hybridized carbons (Fsp3) is 0.500. The molecule has 9 nitrogen and oxygen atoms in total. The summed E-state index contributed by atoms with van der Waals surface area (Å²) in [6, 6.07) is 1.90. The molecule has 1 saturated carbocycles. The highest BCUT2D eigenvalue weighted by Crippen LogP contribution is 2.38. The van der Waals surface area contributed by atoms with E-state index in [1.165, 1.54) is 6.42 Å². The Morgan fingerprint density at radius 2 is 1.87 bits per heavy atom. The van der Waals surface area contributed by atoms with Crippen LogP contribution in [0, 0.1) is 0 Å². The van der Waals surface area contributed by atoms with E-state index in [9.17, 15) is 9.90 Å². The average molecular weight is 422 g/mol. The van der Waals surface area contributed by atoms with Gasteiger partial charge in [0.25, 0.3) is 0 Å². The Kier molecular flexibility index (Phi) is 5.05. The lowest BCUT2D eigenvalue weighted by atomic mass is 9.93. The lowest BCUT2D eigenvalue weighted by Crippen LogP contribution is -2.40. The third-order valence-corrected chi connectivity index (χ3v) is 6.35. The molecule has 1 aliphatic heterocycles. The highest BCUT2D eigenvalue weighted by molar-refractivity contribution is 5.99. The van der Waals surface area contributed by atoms with Crippen LogP contribution < -0.4 is 10.2 Å². The number of anilines is 1. The Labute approximate surface area is 180 Å². The van der Waals surface area contributed by atoms with Crippen LogP contribution in [-0.2, 0) is 0 Å². The second kappa shape index (κ2) is 7.88. The quantitative estimate of drug-likeness (QED) is 0.647. The molecule has 4 heterocycles. The molecule has 0 aromatic carbocycles. The van der Waals surface area contributed by atoms with Crippen molar-refractivity contribution in [2.45, 2.75) is 44.1 Å². The maximum absolute atomic E-state index is 11.9. The van der Waals surface area contributed by atoms with Crippen molar-refractivity contribution >= 4 is 23.0 Å². The molecule has 1 aliphatic carbocycles. The summed E-state index contributed by atoms with van der Waals surface area (Å²) in [5.41, 5.74) is 3.25. The molecule has 1 saturated heterocycles. The topological polar surface area (TPSA) is 109 Å². The first kappa shape index (κ1) is 19.9. The standard InChI is InChI=1S/C22H27N7O2/c1-28(2)22-24-11-13(12-25-22)16-8-17(21(30)31)26-20-18(16)19(14-9-23-10-14)27-29(20)15-6-4-3-5-7-15/h8,11-12,14-15,23H,3-7,9-10H2,1-2H3,(H,30,31). The maximum Gasteiger partial charge on any atom is 0.354 e. The van der Waals surface area contributed by atoms with Crippen molar-refractivity contribution < 1.29 is 9.90 Å². The Hall–Kier alpha value is -3.07. The van der Waals surface area contributed by atoms with E-state index < -0.39 is 5.97 Å². The van der Waals surface area contributed by atoms with Gasteiger partial charge in [0, 0.05) is 56.6 Å². The van der Waals surface area contributed by atoms with E-state index >= 15 is 0 Å². The van der Waals surface area contributed by atoms with Crippen LogP contribution in [0.25, 0.3) is 22.2 Å². The fourth-order valence-corrected chi connectivity index (χ4v) is 4.54. The third-order valence-electron chi connectivity index (χ3n) is 6.35. The van der Waals surface area contributed by atoms with Crippen molar-refractivity contribution in [3.05, 3.63) is 29.8 Å². The van der Waals surface area contributed by atoms with Crippen LogP contribution in [0.1, 0.15) is 60.2 Å². The van der Waals surface area contributed by atoms with E-state index in [1.54, 1.807) is 18.5 Å². The normalized spacial score (nSPS) is 17.6. The summed E-state index contributed by atoms with van der Waals surface area (Å²) in [5.74, 6) is -0.142. The smallest absolute Gasteiger partial charge is 0.354 e. The minimum Gasteiger partial charge on any atom is -0.477 e. The van der Waals surface area contributed by atoms with Crippen molar-refractivity contribution in [3.8, 4) is 11.1 Å². The van der Waals surface area contributed by atoms with E-state index in [1.807, 2.05) is 23.7 Å². The van der Waals surface area contributed by atoms with Gasteiger partial charge in [0.05, 0.1) is 17.1 Å². The van der Waals surface area contributed by atoms with Crippen molar-refractivity contribution in [1.82, 2.24) is 30.0 Å². The Balaban J connectivity index is 1.74. The predicted octanol–water partition coefficient (Wildman–Crippen LogP) is 2.84. The maximum atomic E-state index is 11.9. The zero-order valence-electron chi connectivity index (χ0n) is 17.9. The molecule has 0 amide bonds. The molecule has 0 bridgehead atoms. The minimum atomic E-state index is -1.04. The number of carboxylic acids is 1. The summed E-state index contributed by atoms with van der Waals surface area (Å²) in [6.07, 6.45) is 9.17. The lowest BCUT2D eigenvalue weighted by molar-refractivity contribution is 0.0691. The largest absolute Gasteiger partial charge is 0.477 e. The molecule has 2 aliphatic rings. The van der Waals surface area contributed by atoms with Gasteiger partial charge in [-0.25, -0.2) is 24.4 Å². The number of carboxylic acid groups (broad SMARTS) is 1. The summed E-state index contributed by atoms with van der Waals surface area (Å²) < 4.78 is 2.01. The van der Waals surface area contributed by atoms with Gasteiger partial charge in [0.2, 0.25) is 5.95 Å². The summed E-state index contributed by atoms with van der Waals surface area (Å²) in [7, 11) is 3.77. The van der Waals surface area contributed by atoms with Crippen LogP contribution >= 0.6 is 0 Å².